The first kappa shape index (κ1) is 13.6. The van der Waals surface area contributed by atoms with E-state index in [4.69, 9.17) is 18.0 Å². The molecule has 0 spiro atoms. The number of anilines is 2. The summed E-state index contributed by atoms with van der Waals surface area (Å²) in [7, 11) is 0. The van der Waals surface area contributed by atoms with Gasteiger partial charge in [0.25, 0.3) is 0 Å². The van der Waals surface area contributed by atoms with Crippen molar-refractivity contribution in [1.82, 2.24) is 0 Å². The smallest absolute Gasteiger partial charge is 0.106 e. The number of nitrogens with two attached hydrogens (primary N) is 1. The normalized spacial score (nSPS) is 10.3. The predicted octanol–water partition coefficient (Wildman–Crippen LogP) is 3.99. The fourth-order valence-corrected chi connectivity index (χ4v) is 2.34. The highest BCUT2D eigenvalue weighted by Gasteiger charge is 2.06. The van der Waals surface area contributed by atoms with Crippen molar-refractivity contribution in [2.24, 2.45) is 5.73 Å². The van der Waals surface area contributed by atoms with Crippen molar-refractivity contribution < 1.29 is 0 Å². The van der Waals surface area contributed by atoms with Gasteiger partial charge in [0.15, 0.2) is 0 Å². The number of nitrogens with one attached hydrogen (secondary N) is 1. The highest BCUT2D eigenvalue weighted by atomic mass is 32.1. The molecule has 0 heterocycles. The first-order valence-electron chi connectivity index (χ1n) is 6.21. The van der Waals surface area contributed by atoms with Gasteiger partial charge >= 0.3 is 0 Å². The van der Waals surface area contributed by atoms with Crippen molar-refractivity contribution in [3.8, 4) is 0 Å². The molecule has 0 saturated carbocycles. The Morgan fingerprint density at radius 2 is 1.58 bits per heavy atom. The molecule has 2 aromatic carbocycles. The molecule has 0 unspecified atom stereocenters. The van der Waals surface area contributed by atoms with Crippen LogP contribution in [0.3, 0.4) is 0 Å². The highest BCUT2D eigenvalue weighted by molar-refractivity contribution is 7.80. The first-order chi connectivity index (χ1) is 8.95. The van der Waals surface area contributed by atoms with Gasteiger partial charge in [0.05, 0.1) is 0 Å². The van der Waals surface area contributed by atoms with Crippen LogP contribution in [-0.4, -0.2) is 4.99 Å². The van der Waals surface area contributed by atoms with E-state index in [2.05, 4.69) is 37.4 Å². The minimum absolute atomic E-state index is 0.413. The lowest BCUT2D eigenvalue weighted by Crippen LogP contribution is -2.12. The molecule has 2 aromatic rings. The zero-order chi connectivity index (χ0) is 14.0. The van der Waals surface area contributed by atoms with Crippen LogP contribution in [0, 0.1) is 20.8 Å². The largest absolute Gasteiger partial charge is 0.389 e. The maximum atomic E-state index is 5.79. The van der Waals surface area contributed by atoms with Crippen molar-refractivity contribution in [1.29, 1.82) is 0 Å². The molecule has 2 nitrogen and oxygen atoms in total. The second-order valence-corrected chi connectivity index (χ2v) is 5.35. The molecule has 0 aliphatic heterocycles. The van der Waals surface area contributed by atoms with Crippen LogP contribution in [0.2, 0.25) is 0 Å². The van der Waals surface area contributed by atoms with Gasteiger partial charge in [-0.25, -0.2) is 0 Å². The van der Waals surface area contributed by atoms with Gasteiger partial charge in [-0.1, -0.05) is 29.9 Å². The number of benzene rings is 2. The van der Waals surface area contributed by atoms with Crippen LogP contribution >= 0.6 is 12.2 Å². The summed E-state index contributed by atoms with van der Waals surface area (Å²) in [5.41, 5.74) is 12.3. The lowest BCUT2D eigenvalue weighted by Gasteiger charge is -2.13. The summed E-state index contributed by atoms with van der Waals surface area (Å²) in [6.07, 6.45) is 0. The van der Waals surface area contributed by atoms with Gasteiger partial charge in [0, 0.05) is 16.9 Å². The van der Waals surface area contributed by atoms with Crippen molar-refractivity contribution in [3.63, 3.8) is 0 Å². The van der Waals surface area contributed by atoms with E-state index in [1.807, 2.05) is 25.1 Å². The molecule has 0 fully saturated rings. The summed E-state index contributed by atoms with van der Waals surface area (Å²) in [6, 6.07) is 12.4. The summed E-state index contributed by atoms with van der Waals surface area (Å²) < 4.78 is 0. The second kappa shape index (κ2) is 5.41. The molecule has 0 saturated heterocycles. The first-order valence-corrected chi connectivity index (χ1v) is 6.62. The van der Waals surface area contributed by atoms with Gasteiger partial charge < -0.3 is 11.1 Å². The van der Waals surface area contributed by atoms with Crippen LogP contribution in [0.25, 0.3) is 0 Å². The number of thiocarbonyl (C=S) groups is 1. The monoisotopic (exact) mass is 270 g/mol. The maximum Gasteiger partial charge on any atom is 0.106 e. The molecular weight excluding hydrogens is 252 g/mol. The van der Waals surface area contributed by atoms with Gasteiger partial charge in [-0.3, -0.25) is 0 Å². The molecule has 98 valence electrons. The molecular formula is C16H18N2S. The van der Waals surface area contributed by atoms with Gasteiger partial charge in [-0.15, -0.1) is 0 Å². The summed E-state index contributed by atoms with van der Waals surface area (Å²) in [6.45, 7) is 6.20. The lowest BCUT2D eigenvalue weighted by atomic mass is 10.1. The van der Waals surface area contributed by atoms with E-state index >= 15 is 0 Å². The molecule has 2 rings (SSSR count). The van der Waals surface area contributed by atoms with Crippen LogP contribution in [0.1, 0.15) is 22.3 Å². The fourth-order valence-electron chi connectivity index (χ4n) is 2.17. The van der Waals surface area contributed by atoms with Crippen molar-refractivity contribution in [3.05, 3.63) is 58.7 Å². The number of rotatable bonds is 3. The van der Waals surface area contributed by atoms with E-state index in [1.54, 1.807) is 0 Å². The van der Waals surface area contributed by atoms with Crippen molar-refractivity contribution in [2.45, 2.75) is 20.8 Å². The maximum absolute atomic E-state index is 5.79. The Morgan fingerprint density at radius 1 is 0.947 bits per heavy atom. The summed E-state index contributed by atoms with van der Waals surface area (Å²) >= 11 is 5.11. The van der Waals surface area contributed by atoms with Crippen molar-refractivity contribution >= 4 is 28.6 Å². The third kappa shape index (κ3) is 3.32. The third-order valence-corrected chi connectivity index (χ3v) is 3.16. The Hall–Kier alpha value is -1.87. The average molecular weight is 270 g/mol. The van der Waals surface area contributed by atoms with E-state index < -0.39 is 0 Å². The summed E-state index contributed by atoms with van der Waals surface area (Å²) in [5, 5.41) is 3.40. The number of hydrogen-bond donors (Lipinski definition) is 2. The predicted molar refractivity (Wildman–Crippen MR) is 86.3 cm³/mol. The molecule has 0 amide bonds. The third-order valence-electron chi connectivity index (χ3n) is 2.94. The molecule has 0 atom stereocenters. The SMILES string of the molecule is Cc1cc(C)cc(Nc2ccc(C)cc2C(N)=S)c1. The van der Waals surface area contributed by atoms with Gasteiger partial charge in [0.1, 0.15) is 4.99 Å². The number of aryl methyl sites for hydroxylation is 3. The minimum atomic E-state index is 0.413. The number of hydrogen-bond acceptors (Lipinski definition) is 2. The van der Waals surface area contributed by atoms with E-state index in [9.17, 15) is 0 Å². The lowest BCUT2D eigenvalue weighted by molar-refractivity contribution is 1.37. The molecule has 0 aliphatic carbocycles. The topological polar surface area (TPSA) is 38.0 Å². The van der Waals surface area contributed by atoms with Gasteiger partial charge in [0.2, 0.25) is 0 Å². The van der Waals surface area contributed by atoms with Crippen molar-refractivity contribution in [2.75, 3.05) is 5.32 Å². The summed E-state index contributed by atoms with van der Waals surface area (Å²) in [5.74, 6) is 0. The standard InChI is InChI=1S/C16H18N2S/c1-10-4-5-15(14(9-10)16(17)19)18-13-7-11(2)6-12(3)8-13/h4-9,18H,1-3H3,(H2,17,19). The molecule has 0 radical (unpaired) electrons. The quantitative estimate of drug-likeness (QED) is 0.828. The molecule has 0 bridgehead atoms. The Morgan fingerprint density at radius 3 is 2.16 bits per heavy atom. The second-order valence-electron chi connectivity index (χ2n) is 4.91. The molecule has 3 N–H and O–H groups in total. The molecule has 3 heteroatoms. The van der Waals surface area contributed by atoms with Crippen LogP contribution in [0.5, 0.6) is 0 Å². The molecule has 0 aliphatic rings. The highest BCUT2D eigenvalue weighted by Crippen LogP contribution is 2.23. The minimum Gasteiger partial charge on any atom is -0.389 e. The fraction of sp³-hybridized carbons (Fsp3) is 0.188. The Bertz CT molecular complexity index is 612. The average Bonchev–Trinajstić information content (AvgIpc) is 2.30. The van der Waals surface area contributed by atoms with Crippen LogP contribution in [0.4, 0.5) is 11.4 Å². The van der Waals surface area contributed by atoms with Crippen LogP contribution < -0.4 is 11.1 Å². The molecule has 19 heavy (non-hydrogen) atoms. The molecule has 0 aromatic heterocycles. The van der Waals surface area contributed by atoms with E-state index in [0.29, 0.717) is 4.99 Å². The Balaban J connectivity index is 2.40. The Kier molecular flexibility index (Phi) is 3.86. The Labute approximate surface area is 119 Å². The van der Waals surface area contributed by atoms with Gasteiger partial charge in [-0.2, -0.15) is 0 Å². The zero-order valence-electron chi connectivity index (χ0n) is 11.4. The van der Waals surface area contributed by atoms with Crippen LogP contribution in [-0.2, 0) is 0 Å². The van der Waals surface area contributed by atoms with E-state index in [1.165, 1.54) is 11.1 Å². The van der Waals surface area contributed by atoms with Crippen LogP contribution in [0.15, 0.2) is 36.4 Å². The van der Waals surface area contributed by atoms with E-state index in [0.717, 1.165) is 22.5 Å². The van der Waals surface area contributed by atoms with E-state index in [-0.39, 0.29) is 0 Å². The summed E-state index contributed by atoms with van der Waals surface area (Å²) in [4.78, 5) is 0.413. The van der Waals surface area contributed by atoms with Gasteiger partial charge in [-0.05, 0) is 56.2 Å². The zero-order valence-corrected chi connectivity index (χ0v) is 12.3.